The number of benzene rings is 2. The Bertz CT molecular complexity index is 1350. The number of fused-ring (bicyclic) bond motifs is 1. The van der Waals surface area contributed by atoms with E-state index in [1.54, 1.807) is 12.3 Å². The monoisotopic (exact) mass is 646 g/mol. The molecule has 0 aromatic heterocycles. The van der Waals surface area contributed by atoms with Crippen molar-refractivity contribution in [2.24, 2.45) is 17.8 Å². The van der Waals surface area contributed by atoms with Gasteiger partial charge in [0.1, 0.15) is 16.7 Å². The van der Waals surface area contributed by atoms with Crippen LogP contribution in [-0.4, -0.2) is 51.3 Å². The first kappa shape index (κ1) is 33.7. The zero-order valence-corrected chi connectivity index (χ0v) is 28.5. The minimum atomic E-state index is -1.46. The van der Waals surface area contributed by atoms with Crippen molar-refractivity contribution in [1.82, 2.24) is 4.72 Å². The molecule has 43 heavy (non-hydrogen) atoms. The van der Waals surface area contributed by atoms with Gasteiger partial charge in [0.2, 0.25) is 0 Å². The summed E-state index contributed by atoms with van der Waals surface area (Å²) in [4.78, 5) is 15.5. The summed E-state index contributed by atoms with van der Waals surface area (Å²) in [7, 11) is -2.33. The second kappa shape index (κ2) is 15.7. The molecule has 0 spiro atoms. The maximum Gasteiger partial charge on any atom is 0.263 e. The molecule has 9 heteroatoms. The summed E-state index contributed by atoms with van der Waals surface area (Å²) in [6.45, 7) is 10.0. The standard InChI is InChI=1S/C34H47ClN2O4S2/c1-6-8-10-27(22-42(5)39)31-14-11-26(31)19-37-20-28(30-15-13-29(35)17-24(30)9-7-2)21-41-33-16-12-25(18-32(33)37)34(38)36-43(40)23(3)4/h8,10,12-13,15-18,23,26-28,31H,6-7,9,11,14,19-22H2,1-5H3,(H,36,38)/b10-8+. The highest BCUT2D eigenvalue weighted by molar-refractivity contribution is 7.84. The van der Waals surface area contributed by atoms with Crippen LogP contribution < -0.4 is 14.4 Å². The zero-order valence-electron chi connectivity index (χ0n) is 26.1. The van der Waals surface area contributed by atoms with Gasteiger partial charge in [-0.05, 0) is 98.7 Å². The van der Waals surface area contributed by atoms with Crippen LogP contribution in [0.1, 0.15) is 80.8 Å². The quantitative estimate of drug-likeness (QED) is 0.236. The molecular formula is C34H47ClN2O4S2. The van der Waals surface area contributed by atoms with Crippen molar-refractivity contribution in [3.8, 4) is 5.75 Å². The SMILES string of the molecule is CC/C=C/C(CS(C)=O)C1CCC1CN1CC(c2ccc(Cl)cc2CCC)COc2ccc(C(=O)NS(=O)C(C)C)cc21. The van der Waals surface area contributed by atoms with Crippen LogP contribution in [0.15, 0.2) is 48.6 Å². The van der Waals surface area contributed by atoms with E-state index < -0.39 is 21.8 Å². The summed E-state index contributed by atoms with van der Waals surface area (Å²) in [5.74, 6) is 2.39. The topological polar surface area (TPSA) is 75.7 Å². The van der Waals surface area contributed by atoms with E-state index in [0.717, 1.165) is 61.7 Å². The van der Waals surface area contributed by atoms with Gasteiger partial charge in [0, 0.05) is 57.7 Å². The van der Waals surface area contributed by atoms with Gasteiger partial charge < -0.3 is 9.64 Å². The predicted molar refractivity (Wildman–Crippen MR) is 181 cm³/mol. The summed E-state index contributed by atoms with van der Waals surface area (Å²) in [6, 6.07) is 11.7. The summed E-state index contributed by atoms with van der Waals surface area (Å²) in [5.41, 5.74) is 3.86. The van der Waals surface area contributed by atoms with Crippen LogP contribution >= 0.6 is 11.6 Å². The molecular weight excluding hydrogens is 600 g/mol. The third kappa shape index (κ3) is 8.73. The summed E-state index contributed by atoms with van der Waals surface area (Å²) in [5, 5.41) is 0.567. The van der Waals surface area contributed by atoms with E-state index >= 15 is 0 Å². The van der Waals surface area contributed by atoms with Crippen LogP contribution in [0.3, 0.4) is 0 Å². The number of halogens is 1. The molecule has 0 saturated heterocycles. The number of carbonyl (C=O) groups is 1. The van der Waals surface area contributed by atoms with Gasteiger partial charge in [0.25, 0.3) is 5.91 Å². The maximum absolute atomic E-state index is 13.1. The molecule has 1 aliphatic heterocycles. The number of hydrogen-bond donors (Lipinski definition) is 1. The van der Waals surface area contributed by atoms with Crippen molar-refractivity contribution in [2.45, 2.75) is 71.0 Å². The molecule has 6 atom stereocenters. The first-order valence-corrected chi connectivity index (χ1v) is 18.9. The highest BCUT2D eigenvalue weighted by atomic mass is 35.5. The fourth-order valence-corrected chi connectivity index (χ4v) is 7.93. The predicted octanol–water partition coefficient (Wildman–Crippen LogP) is 7.06. The maximum atomic E-state index is 13.1. The van der Waals surface area contributed by atoms with Gasteiger partial charge in [-0.3, -0.25) is 13.7 Å². The number of allylic oxidation sites excluding steroid dienone is 2. The number of amides is 1. The third-order valence-corrected chi connectivity index (χ3v) is 11.0. The Kier molecular flexibility index (Phi) is 12.3. The van der Waals surface area contributed by atoms with Gasteiger partial charge in [0.15, 0.2) is 0 Å². The van der Waals surface area contributed by atoms with E-state index in [1.165, 1.54) is 11.1 Å². The van der Waals surface area contributed by atoms with Crippen molar-refractivity contribution in [2.75, 3.05) is 36.6 Å². The lowest BCUT2D eigenvalue weighted by atomic mass is 9.67. The molecule has 236 valence electrons. The van der Waals surface area contributed by atoms with E-state index in [4.69, 9.17) is 16.3 Å². The largest absolute Gasteiger partial charge is 0.491 e. The number of ether oxygens (including phenoxy) is 1. The molecule has 1 N–H and O–H groups in total. The fourth-order valence-electron chi connectivity index (χ4n) is 6.29. The lowest BCUT2D eigenvalue weighted by molar-refractivity contribution is 0.0982. The number of nitrogens with zero attached hydrogens (tertiary/aromatic N) is 1. The van der Waals surface area contributed by atoms with Gasteiger partial charge in [-0.15, -0.1) is 0 Å². The van der Waals surface area contributed by atoms with Crippen LogP contribution in [0.4, 0.5) is 5.69 Å². The lowest BCUT2D eigenvalue weighted by Gasteiger charge is -2.44. The van der Waals surface area contributed by atoms with Crippen LogP contribution in [-0.2, 0) is 28.2 Å². The molecule has 1 fully saturated rings. The Morgan fingerprint density at radius 2 is 1.95 bits per heavy atom. The van der Waals surface area contributed by atoms with E-state index in [2.05, 4.69) is 47.8 Å². The van der Waals surface area contributed by atoms with Gasteiger partial charge >= 0.3 is 0 Å². The van der Waals surface area contributed by atoms with Gasteiger partial charge in [-0.2, -0.15) is 0 Å². The highest BCUT2D eigenvalue weighted by Crippen LogP contribution is 2.44. The van der Waals surface area contributed by atoms with Crippen LogP contribution in [0.5, 0.6) is 5.75 Å². The van der Waals surface area contributed by atoms with E-state index in [0.29, 0.717) is 35.7 Å². The molecule has 1 amide bonds. The van der Waals surface area contributed by atoms with Gasteiger partial charge in [-0.1, -0.05) is 50.1 Å². The smallest absolute Gasteiger partial charge is 0.263 e. The van der Waals surface area contributed by atoms with E-state index in [1.807, 2.05) is 32.0 Å². The Morgan fingerprint density at radius 3 is 2.60 bits per heavy atom. The van der Waals surface area contributed by atoms with Gasteiger partial charge in [0.05, 0.1) is 12.3 Å². The van der Waals surface area contributed by atoms with E-state index in [9.17, 15) is 13.2 Å². The average molecular weight is 647 g/mol. The number of rotatable bonds is 13. The zero-order chi connectivity index (χ0) is 31.1. The number of nitrogens with one attached hydrogen (secondary N) is 1. The molecule has 2 aromatic carbocycles. The Hall–Kier alpha value is -2.16. The molecule has 6 nitrogen and oxygen atoms in total. The van der Waals surface area contributed by atoms with Crippen LogP contribution in [0, 0.1) is 17.8 Å². The molecule has 1 saturated carbocycles. The lowest BCUT2D eigenvalue weighted by Crippen LogP contribution is -2.43. The molecule has 6 unspecified atom stereocenters. The van der Waals surface area contributed by atoms with Gasteiger partial charge in [-0.25, -0.2) is 4.21 Å². The third-order valence-electron chi connectivity index (χ3n) is 8.66. The molecule has 0 radical (unpaired) electrons. The molecule has 1 aliphatic carbocycles. The average Bonchev–Trinajstić information content (AvgIpc) is 3.13. The minimum Gasteiger partial charge on any atom is -0.491 e. The summed E-state index contributed by atoms with van der Waals surface area (Å²) < 4.78 is 33.8. The molecule has 1 heterocycles. The number of hydrogen-bond acceptors (Lipinski definition) is 5. The van der Waals surface area contributed by atoms with Crippen molar-refractivity contribution in [1.29, 1.82) is 0 Å². The van der Waals surface area contributed by atoms with Crippen LogP contribution in [0.25, 0.3) is 0 Å². The summed E-state index contributed by atoms with van der Waals surface area (Å²) >= 11 is 6.41. The Morgan fingerprint density at radius 1 is 1.16 bits per heavy atom. The molecule has 2 aromatic rings. The Labute approximate surface area is 268 Å². The van der Waals surface area contributed by atoms with Crippen molar-refractivity contribution < 1.29 is 17.9 Å². The summed E-state index contributed by atoms with van der Waals surface area (Å²) in [6.07, 6.45) is 11.5. The second-order valence-electron chi connectivity index (χ2n) is 12.2. The molecule has 4 rings (SSSR count). The first-order chi connectivity index (χ1) is 20.6. The molecule has 0 bridgehead atoms. The highest BCUT2D eigenvalue weighted by Gasteiger charge is 2.38. The van der Waals surface area contributed by atoms with E-state index in [-0.39, 0.29) is 17.1 Å². The number of anilines is 1. The van der Waals surface area contributed by atoms with Crippen molar-refractivity contribution in [3.63, 3.8) is 0 Å². The van der Waals surface area contributed by atoms with Crippen molar-refractivity contribution in [3.05, 3.63) is 70.3 Å². The fraction of sp³-hybridized carbons (Fsp3) is 0.559. The minimum absolute atomic E-state index is 0.120. The number of aryl methyl sites for hydroxylation is 1. The Balaban J connectivity index is 1.68. The molecule has 2 aliphatic rings. The number of carbonyl (C=O) groups excluding carboxylic acids is 1. The second-order valence-corrected chi connectivity index (χ2v) is 15.9. The normalized spacial score (nSPS) is 22.3. The first-order valence-electron chi connectivity index (χ1n) is 15.6. The van der Waals surface area contributed by atoms with Crippen molar-refractivity contribution >= 4 is 45.0 Å². The van der Waals surface area contributed by atoms with Crippen LogP contribution in [0.2, 0.25) is 5.02 Å².